The van der Waals surface area contributed by atoms with E-state index in [0.29, 0.717) is 19.6 Å². The van der Waals surface area contributed by atoms with Gasteiger partial charge in [0.15, 0.2) is 5.79 Å². The third-order valence-electron chi connectivity index (χ3n) is 5.92. The third kappa shape index (κ3) is 3.54. The molecule has 0 aliphatic carbocycles. The molecule has 4 rings (SSSR count). The molecule has 9 nitrogen and oxygen atoms in total. The van der Waals surface area contributed by atoms with Crippen molar-refractivity contribution in [2.24, 2.45) is 11.7 Å². The molecule has 1 aromatic rings. The lowest BCUT2D eigenvalue weighted by Gasteiger charge is -2.33. The van der Waals surface area contributed by atoms with E-state index in [4.69, 9.17) is 29.5 Å². The molecule has 9 heteroatoms. The summed E-state index contributed by atoms with van der Waals surface area (Å²) in [7, 11) is 3.17. The number of esters is 1. The van der Waals surface area contributed by atoms with E-state index in [0.717, 1.165) is 5.56 Å². The molecule has 3 heterocycles. The van der Waals surface area contributed by atoms with E-state index in [2.05, 4.69) is 5.32 Å². The number of hydrogen-bond donors (Lipinski definition) is 2. The van der Waals surface area contributed by atoms with Crippen molar-refractivity contribution < 1.29 is 28.6 Å². The van der Waals surface area contributed by atoms with Gasteiger partial charge >= 0.3 is 5.97 Å². The van der Waals surface area contributed by atoms with Gasteiger partial charge in [0.05, 0.1) is 13.2 Å². The average molecular weight is 421 g/mol. The SMILES string of the molecule is COC(=O)[C@H]1[C@H](c2ccccc2)N(C)O[C@@]12O[C@H](CNCCN)[C@H]1OC(C)(C)O[C@H]12. The molecule has 0 unspecified atom stereocenters. The predicted molar refractivity (Wildman–Crippen MR) is 107 cm³/mol. The minimum atomic E-state index is -1.37. The molecule has 0 saturated carbocycles. The van der Waals surface area contributed by atoms with E-state index >= 15 is 0 Å². The predicted octanol–water partition coefficient (Wildman–Crippen LogP) is 0.557. The topological polar surface area (TPSA) is 105 Å². The summed E-state index contributed by atoms with van der Waals surface area (Å²) >= 11 is 0. The third-order valence-corrected chi connectivity index (χ3v) is 5.92. The van der Waals surface area contributed by atoms with Crippen molar-refractivity contribution in [2.75, 3.05) is 33.8 Å². The summed E-state index contributed by atoms with van der Waals surface area (Å²) in [5, 5.41) is 4.93. The van der Waals surface area contributed by atoms with E-state index in [1.165, 1.54) is 7.11 Å². The zero-order chi connectivity index (χ0) is 21.5. The van der Waals surface area contributed by atoms with Gasteiger partial charge in [-0.05, 0) is 19.4 Å². The van der Waals surface area contributed by atoms with E-state index in [-0.39, 0.29) is 6.10 Å². The molecule has 30 heavy (non-hydrogen) atoms. The van der Waals surface area contributed by atoms with Crippen molar-refractivity contribution in [1.29, 1.82) is 0 Å². The summed E-state index contributed by atoms with van der Waals surface area (Å²) < 4.78 is 24.1. The summed E-state index contributed by atoms with van der Waals surface area (Å²) in [5.74, 6) is -3.38. The highest BCUT2D eigenvalue weighted by Crippen LogP contribution is 2.56. The lowest BCUT2D eigenvalue weighted by atomic mass is 9.84. The molecule has 166 valence electrons. The van der Waals surface area contributed by atoms with Crippen LogP contribution in [-0.2, 0) is 28.6 Å². The van der Waals surface area contributed by atoms with Crippen molar-refractivity contribution in [3.05, 3.63) is 35.9 Å². The van der Waals surface area contributed by atoms with Gasteiger partial charge in [0.25, 0.3) is 0 Å². The Labute approximate surface area is 176 Å². The lowest BCUT2D eigenvalue weighted by molar-refractivity contribution is -0.337. The molecular formula is C21H31N3O6. The summed E-state index contributed by atoms with van der Waals surface area (Å²) in [4.78, 5) is 19.4. The van der Waals surface area contributed by atoms with Gasteiger partial charge < -0.3 is 30.0 Å². The first-order valence-electron chi connectivity index (χ1n) is 10.3. The second-order valence-electron chi connectivity index (χ2n) is 8.39. The Morgan fingerprint density at radius 2 is 1.97 bits per heavy atom. The van der Waals surface area contributed by atoms with Crippen LogP contribution in [0.4, 0.5) is 0 Å². The summed E-state index contributed by atoms with van der Waals surface area (Å²) in [6.45, 7) is 5.35. The number of fused-ring (bicyclic) bond motifs is 2. The number of carbonyl (C=O) groups excluding carboxylic acids is 1. The number of ether oxygens (including phenoxy) is 4. The molecule has 3 N–H and O–H groups in total. The van der Waals surface area contributed by atoms with E-state index in [1.54, 1.807) is 12.1 Å². The lowest BCUT2D eigenvalue weighted by Crippen LogP contribution is -2.51. The maximum atomic E-state index is 13.1. The quantitative estimate of drug-likeness (QED) is 0.503. The Morgan fingerprint density at radius 3 is 2.63 bits per heavy atom. The molecule has 0 radical (unpaired) electrons. The summed E-state index contributed by atoms with van der Waals surface area (Å²) in [5.41, 5.74) is 6.53. The first-order valence-corrected chi connectivity index (χ1v) is 10.3. The number of nitrogens with zero attached hydrogens (tertiary/aromatic N) is 1. The van der Waals surface area contributed by atoms with Crippen LogP contribution in [0.1, 0.15) is 25.5 Å². The van der Waals surface area contributed by atoms with Crippen molar-refractivity contribution in [3.8, 4) is 0 Å². The average Bonchev–Trinajstić information content (AvgIpc) is 3.30. The van der Waals surface area contributed by atoms with Gasteiger partial charge in [-0.3, -0.25) is 9.63 Å². The molecule has 3 saturated heterocycles. The van der Waals surface area contributed by atoms with Crippen LogP contribution < -0.4 is 11.1 Å². The van der Waals surface area contributed by atoms with Gasteiger partial charge in [0.2, 0.25) is 5.79 Å². The van der Waals surface area contributed by atoms with E-state index in [1.807, 2.05) is 44.2 Å². The molecule has 0 aromatic heterocycles. The van der Waals surface area contributed by atoms with Crippen LogP contribution in [0, 0.1) is 5.92 Å². The maximum Gasteiger partial charge on any atom is 0.316 e. The highest BCUT2D eigenvalue weighted by Gasteiger charge is 2.73. The molecule has 3 fully saturated rings. The van der Waals surface area contributed by atoms with Crippen LogP contribution in [0.3, 0.4) is 0 Å². The highest BCUT2D eigenvalue weighted by atomic mass is 16.9. The van der Waals surface area contributed by atoms with Crippen molar-refractivity contribution in [2.45, 2.75) is 49.8 Å². The fourth-order valence-electron chi connectivity index (χ4n) is 4.81. The molecule has 3 aliphatic rings. The second-order valence-corrected chi connectivity index (χ2v) is 8.39. The fourth-order valence-corrected chi connectivity index (χ4v) is 4.81. The van der Waals surface area contributed by atoms with E-state index < -0.39 is 41.7 Å². The van der Waals surface area contributed by atoms with Gasteiger partial charge in [-0.25, -0.2) is 0 Å². The Bertz CT molecular complexity index is 762. The van der Waals surface area contributed by atoms with Crippen LogP contribution in [0.25, 0.3) is 0 Å². The van der Waals surface area contributed by atoms with Gasteiger partial charge in [0, 0.05) is 26.7 Å². The Hall–Kier alpha value is -1.59. The zero-order valence-corrected chi connectivity index (χ0v) is 17.9. The van der Waals surface area contributed by atoms with Crippen molar-refractivity contribution in [1.82, 2.24) is 10.4 Å². The fraction of sp³-hybridized carbons (Fsp3) is 0.667. The zero-order valence-electron chi connectivity index (χ0n) is 17.9. The Balaban J connectivity index is 1.73. The summed E-state index contributed by atoms with van der Waals surface area (Å²) in [6, 6.07) is 9.31. The van der Waals surface area contributed by atoms with Crippen LogP contribution >= 0.6 is 0 Å². The highest BCUT2D eigenvalue weighted by molar-refractivity contribution is 5.75. The molecule has 0 amide bonds. The molecule has 3 aliphatic heterocycles. The van der Waals surface area contributed by atoms with Gasteiger partial charge in [-0.2, -0.15) is 5.06 Å². The Kier molecular flexibility index (Phi) is 5.88. The van der Waals surface area contributed by atoms with Gasteiger partial charge in [-0.15, -0.1) is 0 Å². The number of carbonyl (C=O) groups is 1. The smallest absolute Gasteiger partial charge is 0.316 e. The minimum Gasteiger partial charge on any atom is -0.469 e. The number of hydroxylamine groups is 2. The number of rotatable bonds is 6. The van der Waals surface area contributed by atoms with Crippen molar-refractivity contribution in [3.63, 3.8) is 0 Å². The van der Waals surface area contributed by atoms with Gasteiger partial charge in [0.1, 0.15) is 24.2 Å². The molecule has 1 aromatic carbocycles. The van der Waals surface area contributed by atoms with Crippen LogP contribution in [0.2, 0.25) is 0 Å². The first-order chi connectivity index (χ1) is 14.3. The molecular weight excluding hydrogens is 390 g/mol. The molecule has 1 spiro atoms. The first kappa shape index (κ1) is 21.6. The number of methoxy groups -OCH3 is 1. The largest absolute Gasteiger partial charge is 0.469 e. The maximum absolute atomic E-state index is 13.1. The molecule has 6 atom stereocenters. The number of benzene rings is 1. The van der Waals surface area contributed by atoms with Crippen LogP contribution in [0.5, 0.6) is 0 Å². The van der Waals surface area contributed by atoms with E-state index in [9.17, 15) is 4.79 Å². The minimum absolute atomic E-state index is 0.376. The molecule has 0 bridgehead atoms. The Morgan fingerprint density at radius 1 is 1.23 bits per heavy atom. The van der Waals surface area contributed by atoms with Crippen molar-refractivity contribution >= 4 is 5.97 Å². The second kappa shape index (κ2) is 8.16. The monoisotopic (exact) mass is 421 g/mol. The van der Waals surface area contributed by atoms with Gasteiger partial charge in [-0.1, -0.05) is 30.3 Å². The summed E-state index contributed by atoms with van der Waals surface area (Å²) in [6.07, 6.45) is -1.38. The van der Waals surface area contributed by atoms with Crippen LogP contribution in [-0.4, -0.2) is 74.7 Å². The normalized spacial score (nSPS) is 37.6. The van der Waals surface area contributed by atoms with Crippen LogP contribution in [0.15, 0.2) is 30.3 Å². The number of hydrogen-bond acceptors (Lipinski definition) is 9. The standard InChI is InChI=1S/C21H31N3O6/c1-20(2)28-17-14(12-23-11-10-22)27-21(18(17)29-20)15(19(25)26-4)16(24(3)30-21)13-8-6-5-7-9-13/h5-9,14-18,23H,10-12,22H2,1-4H3/t14-,15-,16+,17-,18-,21+/m1/s1. The number of nitrogens with one attached hydrogen (secondary N) is 1. The number of nitrogens with two attached hydrogens (primary N) is 1.